The highest BCUT2D eigenvalue weighted by Gasteiger charge is 2.18. The normalized spacial score (nSPS) is 11.2. The summed E-state index contributed by atoms with van der Waals surface area (Å²) in [5.74, 6) is 0. The highest BCUT2D eigenvalue weighted by Crippen LogP contribution is 2.41. The second-order valence-corrected chi connectivity index (χ2v) is 12.8. The third-order valence-corrected chi connectivity index (χ3v) is 9.82. The van der Waals surface area contributed by atoms with Crippen molar-refractivity contribution < 1.29 is 0 Å². The lowest BCUT2D eigenvalue weighted by molar-refractivity contribution is 0.946. The lowest BCUT2D eigenvalue weighted by Crippen LogP contribution is -2.10. The molecule has 6 aromatic carbocycles. The van der Waals surface area contributed by atoms with Gasteiger partial charge in [0, 0.05) is 76.7 Å². The molecule has 0 N–H and O–H groups in total. The van der Waals surface area contributed by atoms with Crippen LogP contribution < -0.4 is 9.80 Å². The van der Waals surface area contributed by atoms with Crippen LogP contribution in [0.4, 0.5) is 34.1 Å². The van der Waals surface area contributed by atoms with Crippen LogP contribution in [0.2, 0.25) is 0 Å². The van der Waals surface area contributed by atoms with Gasteiger partial charge in [0.1, 0.15) is 0 Å². The Labute approximate surface area is 303 Å². The number of fused-ring (bicyclic) bond motifs is 2. The SMILES string of the molecule is Cn1c(-c2ccc(N(c3ccncc3)c3cccc4ccccc34)cc2)ccc1-c1ccc(N(c2ccncc2)c2cccc3ccccc23)cc1. The Kier molecular flexibility index (Phi) is 7.99. The van der Waals surface area contributed by atoms with E-state index in [-0.39, 0.29) is 0 Å². The minimum absolute atomic E-state index is 1.06. The molecule has 3 heterocycles. The van der Waals surface area contributed by atoms with Crippen LogP contribution in [0.25, 0.3) is 44.1 Å². The van der Waals surface area contributed by atoms with Gasteiger partial charge in [-0.15, -0.1) is 0 Å². The molecule has 0 saturated carbocycles. The van der Waals surface area contributed by atoms with Gasteiger partial charge in [0.05, 0.1) is 11.4 Å². The van der Waals surface area contributed by atoms with Crippen molar-refractivity contribution in [2.45, 2.75) is 0 Å². The Morgan fingerprint density at radius 1 is 0.365 bits per heavy atom. The maximum Gasteiger partial charge on any atom is 0.0540 e. The molecule has 0 fully saturated rings. The number of benzene rings is 6. The van der Waals surface area contributed by atoms with Crippen LogP contribution in [-0.2, 0) is 7.05 Å². The fourth-order valence-electron chi connectivity index (χ4n) is 7.30. The number of nitrogens with zero attached hydrogens (tertiary/aromatic N) is 5. The molecule has 0 aliphatic rings. The second-order valence-electron chi connectivity index (χ2n) is 12.8. The van der Waals surface area contributed by atoms with Crippen LogP contribution >= 0.6 is 0 Å². The van der Waals surface area contributed by atoms with Gasteiger partial charge in [-0.05, 0) is 94.7 Å². The second kappa shape index (κ2) is 13.4. The van der Waals surface area contributed by atoms with E-state index in [0.717, 1.165) is 56.6 Å². The number of hydrogen-bond donors (Lipinski definition) is 0. The maximum absolute atomic E-state index is 4.29. The van der Waals surface area contributed by atoms with Crippen LogP contribution in [0, 0.1) is 0 Å². The highest BCUT2D eigenvalue weighted by atomic mass is 15.2. The smallest absolute Gasteiger partial charge is 0.0540 e. The summed E-state index contributed by atoms with van der Waals surface area (Å²) in [6.45, 7) is 0. The standard InChI is InChI=1S/C47H35N5/c1-50-44(36-16-20-38(21-17-36)51(40-26-30-48-31-27-40)46-14-6-10-34-8-2-4-12-42(34)46)24-25-45(50)37-18-22-39(23-19-37)52(41-28-32-49-33-29-41)47-15-7-11-35-9-3-5-13-43(35)47/h2-33H,1H3. The van der Waals surface area contributed by atoms with E-state index in [1.807, 2.05) is 24.8 Å². The van der Waals surface area contributed by atoms with E-state index < -0.39 is 0 Å². The fraction of sp³-hybridized carbons (Fsp3) is 0.0213. The largest absolute Gasteiger partial charge is 0.344 e. The van der Waals surface area contributed by atoms with Gasteiger partial charge in [0.2, 0.25) is 0 Å². The van der Waals surface area contributed by atoms with Gasteiger partial charge >= 0.3 is 0 Å². The summed E-state index contributed by atoms with van der Waals surface area (Å²) in [5, 5.41) is 4.81. The van der Waals surface area contributed by atoms with Gasteiger partial charge in [0.25, 0.3) is 0 Å². The number of anilines is 6. The Morgan fingerprint density at radius 2 is 0.731 bits per heavy atom. The van der Waals surface area contributed by atoms with Gasteiger partial charge in [-0.25, -0.2) is 0 Å². The molecule has 5 nitrogen and oxygen atoms in total. The zero-order valence-electron chi connectivity index (χ0n) is 28.7. The summed E-state index contributed by atoms with van der Waals surface area (Å²) in [6, 6.07) is 60.4. The molecule has 9 rings (SSSR count). The molecule has 0 bridgehead atoms. The average molecular weight is 670 g/mol. The summed E-state index contributed by atoms with van der Waals surface area (Å²) in [7, 11) is 2.14. The van der Waals surface area contributed by atoms with Crippen LogP contribution in [0.5, 0.6) is 0 Å². The molecule has 0 unspecified atom stereocenters. The van der Waals surface area contributed by atoms with Gasteiger partial charge in [0.15, 0.2) is 0 Å². The minimum atomic E-state index is 1.06. The minimum Gasteiger partial charge on any atom is -0.344 e. The topological polar surface area (TPSA) is 37.2 Å². The van der Waals surface area contributed by atoms with Crippen molar-refractivity contribution in [1.29, 1.82) is 0 Å². The van der Waals surface area contributed by atoms with Crippen molar-refractivity contribution in [1.82, 2.24) is 14.5 Å². The number of rotatable bonds is 8. The summed E-state index contributed by atoms with van der Waals surface area (Å²) in [4.78, 5) is 13.2. The van der Waals surface area contributed by atoms with Gasteiger partial charge < -0.3 is 14.4 Å². The Hall–Kier alpha value is -6.98. The molecule has 0 saturated heterocycles. The number of aromatic nitrogens is 3. The Bertz CT molecular complexity index is 2440. The lowest BCUT2D eigenvalue weighted by atomic mass is 10.1. The van der Waals surface area contributed by atoms with E-state index in [1.54, 1.807) is 0 Å². The molecule has 0 atom stereocenters. The van der Waals surface area contributed by atoms with Crippen LogP contribution in [0.15, 0.2) is 195 Å². The quantitative estimate of drug-likeness (QED) is 0.161. The Morgan fingerprint density at radius 3 is 1.15 bits per heavy atom. The molecule has 248 valence electrons. The zero-order chi connectivity index (χ0) is 34.9. The molecule has 3 aromatic heterocycles. The third-order valence-electron chi connectivity index (χ3n) is 9.82. The summed E-state index contributed by atoms with van der Waals surface area (Å²) in [5.41, 5.74) is 11.2. The van der Waals surface area contributed by atoms with Crippen molar-refractivity contribution in [2.24, 2.45) is 7.05 Å². The number of pyridine rings is 2. The molecule has 0 aliphatic carbocycles. The molecule has 0 radical (unpaired) electrons. The van der Waals surface area contributed by atoms with E-state index >= 15 is 0 Å². The molecule has 5 heteroatoms. The molecular formula is C47H35N5. The summed E-state index contributed by atoms with van der Waals surface area (Å²) >= 11 is 0. The van der Waals surface area contributed by atoms with Crippen LogP contribution in [0.1, 0.15) is 0 Å². The van der Waals surface area contributed by atoms with Gasteiger partial charge in [-0.3, -0.25) is 9.97 Å². The van der Waals surface area contributed by atoms with Gasteiger partial charge in [-0.1, -0.05) is 97.1 Å². The first kappa shape index (κ1) is 31.0. The molecule has 0 amide bonds. The molecule has 52 heavy (non-hydrogen) atoms. The fourth-order valence-corrected chi connectivity index (χ4v) is 7.30. The monoisotopic (exact) mass is 669 g/mol. The highest BCUT2D eigenvalue weighted by molar-refractivity contribution is 6.00. The first-order chi connectivity index (χ1) is 25.7. The van der Waals surface area contributed by atoms with E-state index in [9.17, 15) is 0 Å². The molecular weight excluding hydrogens is 635 g/mol. The maximum atomic E-state index is 4.29. The predicted octanol–water partition coefficient (Wildman–Crippen LogP) is 12.4. The average Bonchev–Trinajstić information content (AvgIpc) is 3.60. The van der Waals surface area contributed by atoms with E-state index in [1.165, 1.54) is 21.5 Å². The van der Waals surface area contributed by atoms with Crippen molar-refractivity contribution in [3.8, 4) is 22.5 Å². The van der Waals surface area contributed by atoms with E-state index in [4.69, 9.17) is 0 Å². The van der Waals surface area contributed by atoms with E-state index in [2.05, 4.69) is 201 Å². The molecule has 0 aliphatic heterocycles. The summed E-state index contributed by atoms with van der Waals surface area (Å²) < 4.78 is 2.28. The van der Waals surface area contributed by atoms with Crippen LogP contribution in [0.3, 0.4) is 0 Å². The van der Waals surface area contributed by atoms with E-state index in [0.29, 0.717) is 0 Å². The van der Waals surface area contributed by atoms with Crippen molar-refractivity contribution in [2.75, 3.05) is 9.80 Å². The Balaban J connectivity index is 1.04. The van der Waals surface area contributed by atoms with Crippen molar-refractivity contribution in [3.05, 3.63) is 195 Å². The summed E-state index contributed by atoms with van der Waals surface area (Å²) in [6.07, 6.45) is 7.39. The zero-order valence-corrected chi connectivity index (χ0v) is 28.7. The lowest BCUT2D eigenvalue weighted by Gasteiger charge is -2.27. The predicted molar refractivity (Wildman–Crippen MR) is 216 cm³/mol. The van der Waals surface area contributed by atoms with Crippen molar-refractivity contribution in [3.63, 3.8) is 0 Å². The molecule has 9 aromatic rings. The van der Waals surface area contributed by atoms with Gasteiger partial charge in [-0.2, -0.15) is 0 Å². The van der Waals surface area contributed by atoms with Crippen LogP contribution in [-0.4, -0.2) is 14.5 Å². The number of hydrogen-bond acceptors (Lipinski definition) is 4. The molecule has 0 spiro atoms. The third kappa shape index (κ3) is 5.64. The first-order valence-electron chi connectivity index (χ1n) is 17.5. The first-order valence-corrected chi connectivity index (χ1v) is 17.5. The van der Waals surface area contributed by atoms with Crippen molar-refractivity contribution >= 4 is 55.7 Å².